The number of carbonyl (C=O) groups excluding carboxylic acids is 2. The molecule has 0 aliphatic carbocycles. The highest BCUT2D eigenvalue weighted by atomic mass is 35.5. The van der Waals surface area contributed by atoms with Crippen LogP contribution in [0.4, 0.5) is 5.69 Å². The van der Waals surface area contributed by atoms with Gasteiger partial charge < -0.3 is 14.5 Å². The number of quaternary nitrogens is 1. The zero-order chi connectivity index (χ0) is 19.9. The van der Waals surface area contributed by atoms with Gasteiger partial charge in [-0.1, -0.05) is 11.6 Å². The van der Waals surface area contributed by atoms with Crippen molar-refractivity contribution in [1.82, 2.24) is 10.9 Å². The summed E-state index contributed by atoms with van der Waals surface area (Å²) in [5.74, 6) is 0.255. The van der Waals surface area contributed by atoms with Gasteiger partial charge in [0.1, 0.15) is 5.75 Å². The molecule has 7 nitrogen and oxygen atoms in total. The third-order valence-electron chi connectivity index (χ3n) is 4.74. The van der Waals surface area contributed by atoms with Gasteiger partial charge in [-0.3, -0.25) is 20.4 Å². The number of carbonyl (C=O) groups is 2. The summed E-state index contributed by atoms with van der Waals surface area (Å²) >= 11 is 5.80. The molecule has 2 aromatic rings. The van der Waals surface area contributed by atoms with Gasteiger partial charge in [0, 0.05) is 16.3 Å². The van der Waals surface area contributed by atoms with Crippen molar-refractivity contribution in [1.29, 1.82) is 0 Å². The fourth-order valence-electron chi connectivity index (χ4n) is 3.12. The Balaban J connectivity index is 1.40. The first kappa shape index (κ1) is 20.0. The monoisotopic (exact) mass is 403 g/mol. The number of benzene rings is 2. The second-order valence-corrected chi connectivity index (χ2v) is 7.06. The maximum atomic E-state index is 12.1. The molecule has 1 fully saturated rings. The molecule has 0 bridgehead atoms. The van der Waals surface area contributed by atoms with Gasteiger partial charge in [0.25, 0.3) is 11.8 Å². The molecule has 3 rings (SSSR count). The molecule has 0 atom stereocenters. The number of piperazine rings is 1. The Labute approximate surface area is 169 Å². The van der Waals surface area contributed by atoms with E-state index in [1.165, 1.54) is 4.90 Å². The van der Waals surface area contributed by atoms with E-state index in [1.54, 1.807) is 31.4 Å². The summed E-state index contributed by atoms with van der Waals surface area (Å²) < 4.78 is 5.19. The maximum absolute atomic E-state index is 12.1. The number of methoxy groups -OCH3 is 1. The van der Waals surface area contributed by atoms with E-state index in [0.717, 1.165) is 37.6 Å². The minimum Gasteiger partial charge on any atom is -0.497 e. The zero-order valence-electron chi connectivity index (χ0n) is 15.7. The number of hydrogen-bond acceptors (Lipinski definition) is 4. The van der Waals surface area contributed by atoms with Gasteiger partial charge in [-0.15, -0.1) is 0 Å². The highest BCUT2D eigenvalue weighted by molar-refractivity contribution is 6.30. The molecule has 2 aromatic carbocycles. The Morgan fingerprint density at radius 3 is 2.29 bits per heavy atom. The van der Waals surface area contributed by atoms with Gasteiger partial charge in [-0.05, 0) is 48.5 Å². The molecule has 0 spiro atoms. The predicted octanol–water partition coefficient (Wildman–Crippen LogP) is 0.515. The quantitative estimate of drug-likeness (QED) is 0.636. The van der Waals surface area contributed by atoms with E-state index in [9.17, 15) is 9.59 Å². The van der Waals surface area contributed by atoms with Crippen molar-refractivity contribution in [3.63, 3.8) is 0 Å². The fourth-order valence-corrected chi connectivity index (χ4v) is 3.25. The molecule has 0 saturated carbocycles. The Bertz CT molecular complexity index is 803. The minimum atomic E-state index is -0.371. The molecule has 1 aliphatic rings. The van der Waals surface area contributed by atoms with Crippen LogP contribution in [-0.4, -0.2) is 51.6 Å². The lowest BCUT2D eigenvalue weighted by molar-refractivity contribution is -0.892. The normalized spacial score (nSPS) is 14.4. The molecule has 1 saturated heterocycles. The van der Waals surface area contributed by atoms with Crippen molar-refractivity contribution in [2.75, 3.05) is 44.7 Å². The second-order valence-electron chi connectivity index (χ2n) is 6.62. The number of nitrogens with one attached hydrogen (secondary N) is 3. The van der Waals surface area contributed by atoms with Crippen molar-refractivity contribution in [2.24, 2.45) is 0 Å². The average Bonchev–Trinajstić information content (AvgIpc) is 2.73. The standard InChI is InChI=1S/C20H23ClN4O3/c1-28-18-8-6-17(7-9-18)25-12-10-24(11-13-25)14-19(26)22-23-20(27)15-2-4-16(21)5-3-15/h2-9H,10-14H2,1H3,(H,22,26)(H,23,27)/p+1. The number of anilines is 1. The molecule has 1 aliphatic heterocycles. The van der Waals surface area contributed by atoms with Crippen LogP contribution >= 0.6 is 11.6 Å². The summed E-state index contributed by atoms with van der Waals surface area (Å²) in [5.41, 5.74) is 6.50. The van der Waals surface area contributed by atoms with Gasteiger partial charge in [-0.2, -0.15) is 0 Å². The van der Waals surface area contributed by atoms with Gasteiger partial charge in [0.2, 0.25) is 0 Å². The minimum absolute atomic E-state index is 0.213. The molecular weight excluding hydrogens is 380 g/mol. The Hall–Kier alpha value is -2.77. The first-order chi connectivity index (χ1) is 13.5. The van der Waals surface area contributed by atoms with Crippen LogP contribution in [0.25, 0.3) is 0 Å². The Kier molecular flexibility index (Phi) is 6.73. The Morgan fingerprint density at radius 1 is 1.04 bits per heavy atom. The van der Waals surface area contributed by atoms with E-state index in [2.05, 4.69) is 15.8 Å². The number of amides is 2. The summed E-state index contributed by atoms with van der Waals surface area (Å²) in [6, 6.07) is 14.5. The molecule has 2 amide bonds. The zero-order valence-corrected chi connectivity index (χ0v) is 16.5. The number of rotatable bonds is 5. The SMILES string of the molecule is COc1ccc(N2CC[NH+](CC(=O)NNC(=O)c3ccc(Cl)cc3)CC2)cc1. The van der Waals surface area contributed by atoms with Crippen LogP contribution in [0, 0.1) is 0 Å². The number of ether oxygens (including phenoxy) is 1. The molecule has 0 radical (unpaired) electrons. The van der Waals surface area contributed by atoms with Crippen LogP contribution in [0.15, 0.2) is 48.5 Å². The molecule has 1 heterocycles. The lowest BCUT2D eigenvalue weighted by Crippen LogP contribution is -3.16. The first-order valence-electron chi connectivity index (χ1n) is 9.12. The summed E-state index contributed by atoms with van der Waals surface area (Å²) in [6.45, 7) is 3.75. The molecule has 8 heteroatoms. The smallest absolute Gasteiger partial charge is 0.293 e. The van der Waals surface area contributed by atoms with E-state index in [1.807, 2.05) is 24.3 Å². The van der Waals surface area contributed by atoms with Crippen molar-refractivity contribution < 1.29 is 19.2 Å². The molecular formula is C20H24ClN4O3+. The number of nitrogens with zero attached hydrogens (tertiary/aromatic N) is 1. The van der Waals surface area contributed by atoms with Gasteiger partial charge >= 0.3 is 0 Å². The van der Waals surface area contributed by atoms with Crippen molar-refractivity contribution in [2.45, 2.75) is 0 Å². The van der Waals surface area contributed by atoms with E-state index in [-0.39, 0.29) is 11.8 Å². The summed E-state index contributed by atoms with van der Waals surface area (Å²) in [7, 11) is 1.65. The van der Waals surface area contributed by atoms with Crippen molar-refractivity contribution in [3.05, 3.63) is 59.1 Å². The third kappa shape index (κ3) is 5.37. The lowest BCUT2D eigenvalue weighted by Gasteiger charge is -2.33. The van der Waals surface area contributed by atoms with Crippen molar-refractivity contribution in [3.8, 4) is 5.75 Å². The predicted molar refractivity (Wildman–Crippen MR) is 108 cm³/mol. The largest absolute Gasteiger partial charge is 0.497 e. The second kappa shape index (κ2) is 9.43. The molecule has 0 unspecified atom stereocenters. The van der Waals surface area contributed by atoms with E-state index >= 15 is 0 Å². The van der Waals surface area contributed by atoms with Crippen LogP contribution in [0.3, 0.4) is 0 Å². The highest BCUT2D eigenvalue weighted by Gasteiger charge is 2.22. The lowest BCUT2D eigenvalue weighted by atomic mass is 10.2. The molecule has 0 aromatic heterocycles. The Morgan fingerprint density at radius 2 is 1.68 bits per heavy atom. The fraction of sp³-hybridized carbons (Fsp3) is 0.300. The summed E-state index contributed by atoms with van der Waals surface area (Å²) in [4.78, 5) is 27.6. The number of halogens is 1. The highest BCUT2D eigenvalue weighted by Crippen LogP contribution is 2.18. The van der Waals surface area contributed by atoms with Gasteiger partial charge in [0.15, 0.2) is 6.54 Å². The summed E-state index contributed by atoms with van der Waals surface area (Å²) in [5, 5.41) is 0.554. The van der Waals surface area contributed by atoms with Crippen LogP contribution in [0.2, 0.25) is 5.02 Å². The number of hydrogen-bond donors (Lipinski definition) is 3. The molecule has 3 N–H and O–H groups in total. The van der Waals surface area contributed by atoms with Gasteiger partial charge in [0.05, 0.1) is 33.3 Å². The van der Waals surface area contributed by atoms with Crippen LogP contribution in [-0.2, 0) is 4.79 Å². The van der Waals surface area contributed by atoms with Crippen LogP contribution in [0.1, 0.15) is 10.4 Å². The third-order valence-corrected chi connectivity index (χ3v) is 4.99. The molecule has 148 valence electrons. The maximum Gasteiger partial charge on any atom is 0.293 e. The topological polar surface area (TPSA) is 75.1 Å². The average molecular weight is 404 g/mol. The first-order valence-corrected chi connectivity index (χ1v) is 9.50. The van der Waals surface area contributed by atoms with Crippen molar-refractivity contribution >= 4 is 29.1 Å². The molecule has 28 heavy (non-hydrogen) atoms. The van der Waals surface area contributed by atoms with Gasteiger partial charge in [-0.25, -0.2) is 0 Å². The number of hydrazine groups is 1. The van der Waals surface area contributed by atoms with Crippen LogP contribution < -0.4 is 25.4 Å². The van der Waals surface area contributed by atoms with E-state index in [0.29, 0.717) is 17.1 Å². The van der Waals surface area contributed by atoms with E-state index in [4.69, 9.17) is 16.3 Å². The van der Waals surface area contributed by atoms with Crippen LogP contribution in [0.5, 0.6) is 5.75 Å². The van der Waals surface area contributed by atoms with E-state index < -0.39 is 0 Å². The summed E-state index contributed by atoms with van der Waals surface area (Å²) in [6.07, 6.45) is 0.